The van der Waals surface area contributed by atoms with Crippen LogP contribution < -0.4 is 50.3 Å². The topological polar surface area (TPSA) is 584 Å². The summed E-state index contributed by atoms with van der Waals surface area (Å²) in [6, 6.07) is 2.65. The van der Waals surface area contributed by atoms with E-state index in [1.54, 1.807) is 6.92 Å². The Bertz CT molecular complexity index is 4520. The molecule has 0 aliphatic carbocycles. The molecular formula is C72H100CoN18O17P. The number of imidazole rings is 2. The standard InChI is InChI=1S/C62H90N13O14P.C10H12N5O3.Co/c1-29-20-39-40(21-30(29)2)75(28-70-39)57-52(84)53(41(27-76)87-57)89-90(85,86)88-31(3)26-69-49(83)18-19-59(8)37(22-46(66)80)56-62(11)61(10,25-48(68)82)36(14-17-45(65)79)51(74-62)33(5)55-60(9,24-47(67)81)34(12-15-43(63)77)38(71-55)23-42-58(6,7)35(13-16-44(64)78)50(72-42)32(4)54(59)73-56;1-4-6(16)7(17)10(18-4)15-3-14-5-8(11)12-2-13-9(5)15;/h20-21,23,28,31,34-37,41,52-53,56-57,76,84H,12-19,22,24-27H2,1-11H3,(H15,63,64,65,66,67,68,69,71,72,73,74,77,78,79,80,81,82,83,85,86);2-4,6-7,10,16-17H,1H2,(H2,11,12,13);/q;-1;+3/p-2/t31?,34?,35?,36?,37?,41-,52-,53-,56?,57?,59?,60?,61?,62?;4-,6-,7-,10?;/m11./s1. The van der Waals surface area contributed by atoms with Gasteiger partial charge in [-0.25, -0.2) is 19.9 Å². The minimum Gasteiger partial charge on any atom is -0.756 e. The molecule has 0 saturated carbocycles. The van der Waals surface area contributed by atoms with E-state index in [1.165, 1.54) is 35.0 Å². The van der Waals surface area contributed by atoms with Gasteiger partial charge >= 0.3 is 16.8 Å². The number of benzene rings is 1. The number of nitrogens with two attached hydrogens (primary N) is 7. The van der Waals surface area contributed by atoms with Crippen molar-refractivity contribution in [3.63, 3.8) is 0 Å². The predicted octanol–water partition coefficient (Wildman–Crippen LogP) is 2.17. The van der Waals surface area contributed by atoms with Crippen LogP contribution in [0.1, 0.15) is 157 Å². The van der Waals surface area contributed by atoms with Gasteiger partial charge in [-0.3, -0.25) is 57.7 Å². The second-order valence-electron chi connectivity index (χ2n) is 31.1. The van der Waals surface area contributed by atoms with E-state index in [-0.39, 0.29) is 99.8 Å². The fraction of sp³-hybridized carbons (Fsp3) is 0.597. The molecule has 13 unspecified atom stereocenters. The number of hydrogen-bond acceptors (Lipinski definition) is 25. The molecule has 7 aliphatic heterocycles. The molecule has 1 aromatic carbocycles. The van der Waals surface area contributed by atoms with Gasteiger partial charge in [0.05, 0.1) is 53.7 Å². The number of hydrogen-bond donors (Lipinski definition) is 12. The van der Waals surface area contributed by atoms with Crippen LogP contribution in [-0.4, -0.2) is 175 Å². The van der Waals surface area contributed by atoms with Gasteiger partial charge in [0.15, 0.2) is 23.9 Å². The molecule has 10 heterocycles. The Balaban J connectivity index is 0.000000623. The van der Waals surface area contributed by atoms with E-state index >= 15 is 0 Å². The maximum absolute atomic E-state index is 14.4. The average Bonchev–Trinajstić information content (AvgIpc) is 1.53. The Morgan fingerprint density at radius 2 is 1.34 bits per heavy atom. The Morgan fingerprint density at radius 3 is 1.94 bits per heavy atom. The van der Waals surface area contributed by atoms with Crippen molar-refractivity contribution in [1.82, 2.24) is 34.4 Å². The first-order valence-corrected chi connectivity index (χ1v) is 37.3. The van der Waals surface area contributed by atoms with E-state index in [4.69, 9.17) is 79.0 Å². The molecular weight excluding hydrogens is 1480 g/mol. The number of aliphatic imine (C=N–C) groups is 3. The summed E-state index contributed by atoms with van der Waals surface area (Å²) in [4.78, 5) is 140. The number of aryl methyl sites for hydroxylation is 2. The minimum atomic E-state index is -5.32. The van der Waals surface area contributed by atoms with Crippen molar-refractivity contribution in [1.29, 1.82) is 0 Å². The summed E-state index contributed by atoms with van der Waals surface area (Å²) in [6.45, 7) is 22.6. The van der Waals surface area contributed by atoms with Crippen LogP contribution in [0.5, 0.6) is 0 Å². The van der Waals surface area contributed by atoms with Crippen LogP contribution in [0.4, 0.5) is 5.82 Å². The van der Waals surface area contributed by atoms with Gasteiger partial charge in [-0.15, -0.1) is 0 Å². The second-order valence-corrected chi connectivity index (χ2v) is 32.4. The molecule has 19 atom stereocenters. The van der Waals surface area contributed by atoms with Gasteiger partial charge in [0.2, 0.25) is 41.4 Å². The number of fused-ring (bicyclic) bond motifs is 8. The van der Waals surface area contributed by atoms with E-state index in [2.05, 4.69) is 32.2 Å². The van der Waals surface area contributed by atoms with Crippen molar-refractivity contribution in [3.05, 3.63) is 88.8 Å². The molecule has 594 valence electrons. The number of carbonyl (C=O) groups excluding carboxylic acids is 7. The summed E-state index contributed by atoms with van der Waals surface area (Å²) >= 11 is 0. The number of nitrogens with one attached hydrogen (secondary N) is 1. The first kappa shape index (κ1) is 84.8. The van der Waals surface area contributed by atoms with Crippen LogP contribution in [-0.2, 0) is 73.4 Å². The number of aliphatic hydroxyl groups excluding tert-OH is 4. The molecule has 7 amide bonds. The summed E-state index contributed by atoms with van der Waals surface area (Å²) in [6.07, 6.45) is -5.69. The van der Waals surface area contributed by atoms with Crippen LogP contribution in [0.2, 0.25) is 0 Å². The predicted molar refractivity (Wildman–Crippen MR) is 393 cm³/mol. The number of amides is 7. The summed E-state index contributed by atoms with van der Waals surface area (Å²) in [5.41, 5.74) is 43.2. The first-order valence-electron chi connectivity index (χ1n) is 35.9. The maximum Gasteiger partial charge on any atom is 3.00 e. The van der Waals surface area contributed by atoms with E-state index in [0.717, 1.165) is 11.1 Å². The van der Waals surface area contributed by atoms with Gasteiger partial charge in [0.25, 0.3) is 7.82 Å². The first-order chi connectivity index (χ1) is 50.4. The number of phosphoric ester groups is 1. The third kappa shape index (κ3) is 16.3. The van der Waals surface area contributed by atoms with Crippen molar-refractivity contribution in [3.8, 4) is 0 Å². The van der Waals surface area contributed by atoms with Crippen LogP contribution in [0.15, 0.2) is 80.4 Å². The monoisotopic (exact) mass is 1580 g/mol. The zero-order valence-electron chi connectivity index (χ0n) is 62.8. The average molecular weight is 1580 g/mol. The number of rotatable bonds is 27. The number of carbonyl (C=O) groups is 7. The number of aromatic nitrogens is 6. The zero-order valence-corrected chi connectivity index (χ0v) is 64.8. The number of primary amides is 6. The van der Waals surface area contributed by atoms with Gasteiger partial charge in [0, 0.05) is 108 Å². The Kier molecular flexibility index (Phi) is 25.0. The van der Waals surface area contributed by atoms with Gasteiger partial charge in [-0.2, -0.15) is 5.70 Å². The fourth-order valence-electron chi connectivity index (χ4n) is 17.3. The molecule has 19 N–H and O–H groups in total. The number of allylic oxidation sites excluding steroid dienone is 6. The van der Waals surface area contributed by atoms with Crippen LogP contribution in [0.3, 0.4) is 0 Å². The molecule has 0 radical (unpaired) electrons. The van der Waals surface area contributed by atoms with Crippen molar-refractivity contribution in [2.45, 2.75) is 214 Å². The molecule has 3 fully saturated rings. The van der Waals surface area contributed by atoms with Crippen molar-refractivity contribution >= 4 is 94.3 Å². The van der Waals surface area contributed by atoms with Crippen molar-refractivity contribution in [2.24, 2.45) is 94.7 Å². The third-order valence-electron chi connectivity index (χ3n) is 23.5. The third-order valence-corrected chi connectivity index (χ3v) is 24.6. The maximum atomic E-state index is 14.4. The number of nitrogens with zero attached hydrogens (tertiary/aromatic N) is 10. The van der Waals surface area contributed by atoms with E-state index < -0.39 is 168 Å². The molecule has 3 aromatic heterocycles. The summed E-state index contributed by atoms with van der Waals surface area (Å²) < 4.78 is 38.8. The number of nitrogen functional groups attached to an aromatic ring is 1. The van der Waals surface area contributed by atoms with Gasteiger partial charge in [-0.1, -0.05) is 40.7 Å². The van der Waals surface area contributed by atoms with Crippen LogP contribution in [0, 0.1) is 66.1 Å². The number of ether oxygens (including phenoxy) is 2. The minimum absolute atomic E-state index is 0. The smallest absolute Gasteiger partial charge is 0.756 e. The number of anilines is 1. The van der Waals surface area contributed by atoms with E-state index in [9.17, 15) is 63.4 Å². The Hall–Kier alpha value is -8.26. The van der Waals surface area contributed by atoms with Crippen molar-refractivity contribution < 1.29 is 98.7 Å². The zero-order chi connectivity index (χ0) is 79.6. The van der Waals surface area contributed by atoms with Crippen LogP contribution in [0.25, 0.3) is 27.5 Å². The molecule has 37 heteroatoms. The Labute approximate surface area is 640 Å². The second kappa shape index (κ2) is 32.2. The Morgan fingerprint density at radius 1 is 0.734 bits per heavy atom. The fourth-order valence-corrected chi connectivity index (χ4v) is 18.5. The van der Waals surface area contributed by atoms with Gasteiger partial charge < -0.3 is 106 Å². The van der Waals surface area contributed by atoms with E-state index in [0.29, 0.717) is 67.6 Å². The molecule has 109 heavy (non-hydrogen) atoms. The van der Waals surface area contributed by atoms with Crippen LogP contribution >= 0.6 is 7.82 Å². The summed E-state index contributed by atoms with van der Waals surface area (Å²) in [7, 11) is -5.32. The molecule has 8 bridgehead atoms. The molecule has 3 saturated heterocycles. The summed E-state index contributed by atoms with van der Waals surface area (Å²) in [5.74, 6) is -7.16. The normalized spacial score (nSPS) is 33.6. The van der Waals surface area contributed by atoms with E-state index in [1.807, 2.05) is 80.5 Å². The van der Waals surface area contributed by atoms with Crippen molar-refractivity contribution in [2.75, 3.05) is 18.9 Å². The quantitative estimate of drug-likeness (QED) is 0.0301. The molecule has 4 aromatic rings. The van der Waals surface area contributed by atoms with Gasteiger partial charge in [0.1, 0.15) is 36.3 Å². The summed E-state index contributed by atoms with van der Waals surface area (Å²) in [5, 5.41) is 49.6. The largest absolute Gasteiger partial charge is 3.00 e. The van der Waals surface area contributed by atoms with Gasteiger partial charge in [-0.05, 0) is 125 Å². The number of phosphoric acid groups is 1. The molecule has 35 nitrogen and oxygen atoms in total. The molecule has 0 spiro atoms. The molecule has 7 aliphatic rings. The number of aliphatic hydroxyl groups is 4. The molecule has 11 rings (SSSR count). The SMILES string of the molecule is C/C1=C2N=C(/C=C3N=C(/C(C)=C4\[N-]C(C(CC(N)=O)C4(C)CCC(=O)NCC(C)OP(=O)([O-])O[C@@H]4[C@@H](CO)OC(n5cnc6cc(C)c(C)cc65)[C@@H]4O)C4(C)N=C1C(CCC(N)=O)C4(C)CC(N)=O)C(CCC(N)=O)C\3(C)C)C(CCC(N)=O)C/2(C)CC(N)=O.[CH2-][C@H]1OC(n2cnc3c(N)ncnc32)[C@H](O)[C@@H]1O.[Co+3].